The van der Waals surface area contributed by atoms with E-state index in [-0.39, 0.29) is 5.92 Å². The van der Waals surface area contributed by atoms with Crippen molar-refractivity contribution in [1.29, 1.82) is 0 Å². The summed E-state index contributed by atoms with van der Waals surface area (Å²) in [4.78, 5) is 22.1. The van der Waals surface area contributed by atoms with E-state index < -0.39 is 0 Å². The molecule has 1 saturated carbocycles. The van der Waals surface area contributed by atoms with E-state index >= 15 is 0 Å². The van der Waals surface area contributed by atoms with Crippen LogP contribution in [0, 0.1) is 18.8 Å². The number of amides is 1. The minimum Gasteiger partial charge on any atom is -0.342 e. The standard InChI is InChI=1S/C20H32N4O2/c1-15-21-19(26-22-15)13-16-8-11-23(12-9-16)20(25)17-5-4-10-24(14-17)18-6-2-3-7-18/h16-18H,2-14H2,1H3/t17-/m0/s1. The first-order valence-corrected chi connectivity index (χ1v) is 10.5. The molecule has 0 bridgehead atoms. The van der Waals surface area contributed by atoms with Gasteiger partial charge in [0.2, 0.25) is 11.8 Å². The van der Waals surface area contributed by atoms with Crippen LogP contribution in [0.25, 0.3) is 0 Å². The number of rotatable bonds is 4. The fourth-order valence-electron chi connectivity index (χ4n) is 5.09. The van der Waals surface area contributed by atoms with Crippen LogP contribution in [-0.2, 0) is 11.2 Å². The van der Waals surface area contributed by atoms with E-state index in [0.717, 1.165) is 57.3 Å². The minimum absolute atomic E-state index is 0.222. The lowest BCUT2D eigenvalue weighted by atomic mass is 9.90. The maximum atomic E-state index is 13.0. The van der Waals surface area contributed by atoms with Gasteiger partial charge in [-0.2, -0.15) is 4.98 Å². The third kappa shape index (κ3) is 4.11. The van der Waals surface area contributed by atoms with Gasteiger partial charge in [-0.1, -0.05) is 18.0 Å². The monoisotopic (exact) mass is 360 g/mol. The third-order valence-corrected chi connectivity index (χ3v) is 6.60. The van der Waals surface area contributed by atoms with Gasteiger partial charge >= 0.3 is 0 Å². The summed E-state index contributed by atoms with van der Waals surface area (Å²) in [6.07, 6.45) is 10.6. The molecular formula is C20H32N4O2. The zero-order valence-electron chi connectivity index (χ0n) is 16.0. The van der Waals surface area contributed by atoms with E-state index in [2.05, 4.69) is 19.9 Å². The molecular weight excluding hydrogens is 328 g/mol. The number of aromatic nitrogens is 2. The highest BCUT2D eigenvalue weighted by Gasteiger charge is 2.34. The first kappa shape index (κ1) is 18.0. The average Bonchev–Trinajstić information content (AvgIpc) is 3.34. The van der Waals surface area contributed by atoms with E-state index in [0.29, 0.717) is 17.6 Å². The van der Waals surface area contributed by atoms with Crippen LogP contribution in [0.1, 0.15) is 63.1 Å². The van der Waals surface area contributed by atoms with Crippen LogP contribution in [0.3, 0.4) is 0 Å². The molecule has 0 aromatic carbocycles. The largest absolute Gasteiger partial charge is 0.342 e. The van der Waals surface area contributed by atoms with Crippen molar-refractivity contribution in [3.63, 3.8) is 0 Å². The molecule has 0 N–H and O–H groups in total. The Morgan fingerprint density at radius 3 is 2.54 bits per heavy atom. The normalized spacial score (nSPS) is 26.5. The lowest BCUT2D eigenvalue weighted by Gasteiger charge is -2.39. The van der Waals surface area contributed by atoms with Crippen LogP contribution in [-0.4, -0.2) is 58.1 Å². The highest BCUT2D eigenvalue weighted by atomic mass is 16.5. The smallest absolute Gasteiger partial charge is 0.226 e. The summed E-state index contributed by atoms with van der Waals surface area (Å²) < 4.78 is 5.25. The van der Waals surface area contributed by atoms with Gasteiger partial charge in [0.15, 0.2) is 5.82 Å². The topological polar surface area (TPSA) is 62.5 Å². The number of hydrogen-bond acceptors (Lipinski definition) is 5. The van der Waals surface area contributed by atoms with E-state index in [1.165, 1.54) is 38.6 Å². The van der Waals surface area contributed by atoms with Crippen molar-refractivity contribution in [2.24, 2.45) is 11.8 Å². The molecule has 4 rings (SSSR count). The van der Waals surface area contributed by atoms with E-state index in [4.69, 9.17) is 4.52 Å². The molecule has 0 unspecified atom stereocenters. The summed E-state index contributed by atoms with van der Waals surface area (Å²) in [6.45, 7) is 5.81. The van der Waals surface area contributed by atoms with Crippen molar-refractivity contribution in [3.05, 3.63) is 11.7 Å². The molecule has 1 aromatic rings. The molecule has 2 saturated heterocycles. The summed E-state index contributed by atoms with van der Waals surface area (Å²) in [7, 11) is 0. The van der Waals surface area contributed by atoms with Crippen LogP contribution < -0.4 is 0 Å². The molecule has 3 aliphatic rings. The minimum atomic E-state index is 0.222. The molecule has 1 atom stereocenters. The molecule has 144 valence electrons. The zero-order valence-corrected chi connectivity index (χ0v) is 16.0. The number of hydrogen-bond donors (Lipinski definition) is 0. The Morgan fingerprint density at radius 1 is 1.08 bits per heavy atom. The molecule has 6 heteroatoms. The second-order valence-electron chi connectivity index (χ2n) is 8.48. The van der Waals surface area contributed by atoms with Crippen LogP contribution in [0.15, 0.2) is 4.52 Å². The van der Waals surface area contributed by atoms with Gasteiger partial charge in [-0.05, 0) is 57.9 Å². The summed E-state index contributed by atoms with van der Waals surface area (Å²) in [6, 6.07) is 0.745. The average molecular weight is 361 g/mol. The number of likely N-dealkylation sites (tertiary alicyclic amines) is 2. The number of nitrogens with zero attached hydrogens (tertiary/aromatic N) is 4. The Balaban J connectivity index is 1.26. The van der Waals surface area contributed by atoms with Crippen LogP contribution in [0.2, 0.25) is 0 Å². The predicted molar refractivity (Wildman–Crippen MR) is 98.6 cm³/mol. The van der Waals surface area contributed by atoms with Gasteiger partial charge in [0.05, 0.1) is 5.92 Å². The second kappa shape index (κ2) is 8.07. The highest BCUT2D eigenvalue weighted by Crippen LogP contribution is 2.29. The summed E-state index contributed by atoms with van der Waals surface area (Å²) >= 11 is 0. The van der Waals surface area contributed by atoms with Crippen molar-refractivity contribution in [2.75, 3.05) is 26.2 Å². The van der Waals surface area contributed by atoms with E-state index in [1.807, 2.05) is 6.92 Å². The van der Waals surface area contributed by atoms with Gasteiger partial charge in [0, 0.05) is 32.1 Å². The van der Waals surface area contributed by atoms with Crippen molar-refractivity contribution >= 4 is 5.91 Å². The van der Waals surface area contributed by atoms with Gasteiger partial charge in [0.25, 0.3) is 0 Å². The number of carbonyl (C=O) groups is 1. The molecule has 1 amide bonds. The second-order valence-corrected chi connectivity index (χ2v) is 8.48. The maximum absolute atomic E-state index is 13.0. The molecule has 0 radical (unpaired) electrons. The SMILES string of the molecule is Cc1noc(CC2CCN(C(=O)[C@H]3CCCN(C4CCCC4)C3)CC2)n1. The Kier molecular flexibility index (Phi) is 5.57. The summed E-state index contributed by atoms with van der Waals surface area (Å²) in [5, 5.41) is 3.87. The Morgan fingerprint density at radius 2 is 1.85 bits per heavy atom. The van der Waals surface area contributed by atoms with Gasteiger partial charge in [-0.15, -0.1) is 0 Å². The zero-order chi connectivity index (χ0) is 17.9. The Hall–Kier alpha value is -1.43. The number of aryl methyl sites for hydroxylation is 1. The highest BCUT2D eigenvalue weighted by molar-refractivity contribution is 5.79. The fraction of sp³-hybridized carbons (Fsp3) is 0.850. The van der Waals surface area contributed by atoms with Crippen molar-refractivity contribution in [3.8, 4) is 0 Å². The quantitative estimate of drug-likeness (QED) is 0.826. The predicted octanol–water partition coefficient (Wildman–Crippen LogP) is 2.81. The first-order chi connectivity index (χ1) is 12.7. The molecule has 3 heterocycles. The van der Waals surface area contributed by atoms with E-state index in [9.17, 15) is 4.79 Å². The lowest BCUT2D eigenvalue weighted by molar-refractivity contribution is -0.139. The van der Waals surface area contributed by atoms with Gasteiger partial charge in [0.1, 0.15) is 0 Å². The number of carbonyl (C=O) groups excluding carboxylic acids is 1. The van der Waals surface area contributed by atoms with Crippen molar-refractivity contribution < 1.29 is 9.32 Å². The van der Waals surface area contributed by atoms with Gasteiger partial charge < -0.3 is 9.42 Å². The van der Waals surface area contributed by atoms with E-state index in [1.54, 1.807) is 0 Å². The molecule has 2 aliphatic heterocycles. The molecule has 26 heavy (non-hydrogen) atoms. The molecule has 1 aliphatic carbocycles. The molecule has 0 spiro atoms. The summed E-state index contributed by atoms with van der Waals surface area (Å²) in [5.74, 6) is 2.63. The van der Waals surface area contributed by atoms with Crippen LogP contribution >= 0.6 is 0 Å². The maximum Gasteiger partial charge on any atom is 0.226 e. The number of piperidine rings is 2. The van der Waals surface area contributed by atoms with Gasteiger partial charge in [-0.3, -0.25) is 9.69 Å². The molecule has 6 nitrogen and oxygen atoms in total. The summed E-state index contributed by atoms with van der Waals surface area (Å²) in [5.41, 5.74) is 0. The van der Waals surface area contributed by atoms with Gasteiger partial charge in [-0.25, -0.2) is 0 Å². The molecule has 3 fully saturated rings. The van der Waals surface area contributed by atoms with Crippen molar-refractivity contribution in [1.82, 2.24) is 19.9 Å². The van der Waals surface area contributed by atoms with Crippen molar-refractivity contribution in [2.45, 2.75) is 70.8 Å². The van der Waals surface area contributed by atoms with Crippen LogP contribution in [0.4, 0.5) is 0 Å². The fourth-order valence-corrected chi connectivity index (χ4v) is 5.09. The first-order valence-electron chi connectivity index (χ1n) is 10.5. The Labute approximate surface area is 156 Å². The van der Waals surface area contributed by atoms with Crippen LogP contribution in [0.5, 0.6) is 0 Å². The lowest BCUT2D eigenvalue weighted by Crippen LogP contribution is -2.49. The Bertz CT molecular complexity index is 603. The third-order valence-electron chi connectivity index (χ3n) is 6.60. The molecule has 1 aromatic heterocycles.